The van der Waals surface area contributed by atoms with Gasteiger partial charge in [-0.2, -0.15) is 5.10 Å². The SMILES string of the molecule is CCn1cc(Nc2nccc(=O)[nH]2)cn1. The fraction of sp³-hybridized carbons (Fsp3) is 0.222. The fourth-order valence-electron chi connectivity index (χ4n) is 1.17. The van der Waals surface area contributed by atoms with Gasteiger partial charge in [0.1, 0.15) is 0 Å². The van der Waals surface area contributed by atoms with Gasteiger partial charge in [-0.15, -0.1) is 0 Å². The van der Waals surface area contributed by atoms with E-state index in [1.165, 1.54) is 12.3 Å². The molecule has 0 amide bonds. The molecule has 0 atom stereocenters. The maximum Gasteiger partial charge on any atom is 0.252 e. The number of hydrogen-bond donors (Lipinski definition) is 2. The highest BCUT2D eigenvalue weighted by atomic mass is 16.1. The first-order valence-electron chi connectivity index (χ1n) is 4.63. The van der Waals surface area contributed by atoms with Crippen molar-refractivity contribution in [3.8, 4) is 0 Å². The molecular weight excluding hydrogens is 194 g/mol. The van der Waals surface area contributed by atoms with E-state index in [0.29, 0.717) is 5.95 Å². The Hall–Kier alpha value is -2.11. The summed E-state index contributed by atoms with van der Waals surface area (Å²) in [4.78, 5) is 17.5. The molecule has 0 aliphatic heterocycles. The fourth-order valence-corrected chi connectivity index (χ4v) is 1.17. The Morgan fingerprint density at radius 3 is 3.13 bits per heavy atom. The molecule has 0 aliphatic carbocycles. The third-order valence-corrected chi connectivity index (χ3v) is 1.89. The van der Waals surface area contributed by atoms with Crippen LogP contribution in [0.1, 0.15) is 6.92 Å². The average Bonchev–Trinajstić information content (AvgIpc) is 2.65. The number of H-pyrrole nitrogens is 1. The number of hydrogen-bond acceptors (Lipinski definition) is 4. The number of anilines is 2. The van der Waals surface area contributed by atoms with Gasteiger partial charge in [0.15, 0.2) is 0 Å². The highest BCUT2D eigenvalue weighted by molar-refractivity contribution is 5.49. The molecule has 2 aromatic heterocycles. The van der Waals surface area contributed by atoms with Crippen LogP contribution < -0.4 is 10.9 Å². The van der Waals surface area contributed by atoms with Gasteiger partial charge in [-0.3, -0.25) is 14.5 Å². The average molecular weight is 205 g/mol. The summed E-state index contributed by atoms with van der Waals surface area (Å²) >= 11 is 0. The van der Waals surface area contributed by atoms with E-state index in [-0.39, 0.29) is 5.56 Å². The molecule has 6 nitrogen and oxygen atoms in total. The predicted octanol–water partition coefficient (Wildman–Crippen LogP) is 0.730. The van der Waals surface area contributed by atoms with Gasteiger partial charge in [0.2, 0.25) is 5.95 Å². The molecule has 0 bridgehead atoms. The van der Waals surface area contributed by atoms with Crippen LogP contribution in [0.3, 0.4) is 0 Å². The van der Waals surface area contributed by atoms with Crippen molar-refractivity contribution < 1.29 is 0 Å². The van der Waals surface area contributed by atoms with Gasteiger partial charge >= 0.3 is 0 Å². The van der Waals surface area contributed by atoms with Crippen molar-refractivity contribution in [2.75, 3.05) is 5.32 Å². The van der Waals surface area contributed by atoms with Crippen LogP contribution in [0, 0.1) is 0 Å². The quantitative estimate of drug-likeness (QED) is 0.774. The summed E-state index contributed by atoms with van der Waals surface area (Å²) in [5.74, 6) is 0.415. The Balaban J connectivity index is 2.18. The molecule has 2 rings (SSSR count). The first-order valence-corrected chi connectivity index (χ1v) is 4.63. The second-order valence-corrected chi connectivity index (χ2v) is 2.99. The van der Waals surface area contributed by atoms with Gasteiger partial charge in [0, 0.05) is 25.0 Å². The molecule has 0 aromatic carbocycles. The van der Waals surface area contributed by atoms with Crippen molar-refractivity contribution in [2.24, 2.45) is 0 Å². The Bertz CT molecular complexity index is 501. The van der Waals surface area contributed by atoms with Crippen LogP contribution in [0.25, 0.3) is 0 Å². The minimum absolute atomic E-state index is 0.185. The van der Waals surface area contributed by atoms with Crippen molar-refractivity contribution >= 4 is 11.6 Å². The van der Waals surface area contributed by atoms with Crippen LogP contribution in [0.15, 0.2) is 29.5 Å². The highest BCUT2D eigenvalue weighted by Crippen LogP contribution is 2.09. The number of aromatic nitrogens is 4. The second-order valence-electron chi connectivity index (χ2n) is 2.99. The van der Waals surface area contributed by atoms with Gasteiger partial charge < -0.3 is 5.32 Å². The summed E-state index contributed by atoms with van der Waals surface area (Å²) in [7, 11) is 0. The standard InChI is InChI=1S/C9H11N5O/c1-2-14-6-7(5-11-14)12-9-10-4-3-8(15)13-9/h3-6H,2H2,1H3,(H2,10,12,13,15). The molecule has 78 valence electrons. The Morgan fingerprint density at radius 2 is 2.47 bits per heavy atom. The molecule has 15 heavy (non-hydrogen) atoms. The summed E-state index contributed by atoms with van der Waals surface area (Å²) in [6.07, 6.45) is 4.97. The zero-order chi connectivity index (χ0) is 10.7. The summed E-state index contributed by atoms with van der Waals surface area (Å²) < 4.78 is 1.78. The predicted molar refractivity (Wildman–Crippen MR) is 56.0 cm³/mol. The normalized spacial score (nSPS) is 10.2. The minimum atomic E-state index is -0.185. The van der Waals surface area contributed by atoms with E-state index in [1.54, 1.807) is 10.9 Å². The lowest BCUT2D eigenvalue weighted by Gasteiger charge is -1.99. The Labute approximate surface area is 86.0 Å². The lowest BCUT2D eigenvalue weighted by molar-refractivity contribution is 0.660. The first kappa shape index (κ1) is 9.45. The van der Waals surface area contributed by atoms with Crippen molar-refractivity contribution in [1.29, 1.82) is 0 Å². The molecule has 0 spiro atoms. The van der Waals surface area contributed by atoms with Gasteiger partial charge in [0.05, 0.1) is 11.9 Å². The summed E-state index contributed by atoms with van der Waals surface area (Å²) in [5.41, 5.74) is 0.613. The van der Waals surface area contributed by atoms with Gasteiger partial charge in [-0.25, -0.2) is 4.98 Å². The molecule has 6 heteroatoms. The monoisotopic (exact) mass is 205 g/mol. The summed E-state index contributed by atoms with van der Waals surface area (Å²) in [6, 6.07) is 1.36. The second kappa shape index (κ2) is 3.95. The van der Waals surface area contributed by atoms with Crippen molar-refractivity contribution in [3.05, 3.63) is 35.0 Å². The first-order chi connectivity index (χ1) is 7.28. The zero-order valence-electron chi connectivity index (χ0n) is 8.27. The van der Waals surface area contributed by atoms with Gasteiger partial charge in [-0.1, -0.05) is 0 Å². The van der Waals surface area contributed by atoms with Crippen LogP contribution in [0.2, 0.25) is 0 Å². The Morgan fingerprint density at radius 1 is 1.60 bits per heavy atom. The number of rotatable bonds is 3. The van der Waals surface area contributed by atoms with E-state index >= 15 is 0 Å². The zero-order valence-corrected chi connectivity index (χ0v) is 8.27. The summed E-state index contributed by atoms with van der Waals surface area (Å²) in [6.45, 7) is 2.81. The number of aromatic amines is 1. The lowest BCUT2D eigenvalue weighted by atomic mass is 10.5. The maximum absolute atomic E-state index is 11.0. The molecule has 0 aliphatic rings. The van der Waals surface area contributed by atoms with E-state index in [1.807, 2.05) is 13.1 Å². The van der Waals surface area contributed by atoms with Crippen molar-refractivity contribution in [1.82, 2.24) is 19.7 Å². The molecule has 0 saturated carbocycles. The Kier molecular flexibility index (Phi) is 2.49. The molecule has 0 fully saturated rings. The van der Waals surface area contributed by atoms with Crippen molar-refractivity contribution in [3.63, 3.8) is 0 Å². The van der Waals surface area contributed by atoms with Crippen LogP contribution in [-0.4, -0.2) is 19.7 Å². The van der Waals surface area contributed by atoms with Crippen LogP contribution in [0.4, 0.5) is 11.6 Å². The lowest BCUT2D eigenvalue weighted by Crippen LogP contribution is -2.07. The van der Waals surface area contributed by atoms with E-state index in [2.05, 4.69) is 20.4 Å². The smallest absolute Gasteiger partial charge is 0.252 e. The molecule has 2 heterocycles. The molecule has 0 unspecified atom stereocenters. The summed E-state index contributed by atoms with van der Waals surface area (Å²) in [5, 5.41) is 7.04. The van der Waals surface area contributed by atoms with Gasteiger partial charge in [0.25, 0.3) is 5.56 Å². The van der Waals surface area contributed by atoms with Gasteiger partial charge in [-0.05, 0) is 6.92 Å². The number of nitrogens with one attached hydrogen (secondary N) is 2. The largest absolute Gasteiger partial charge is 0.323 e. The molecule has 2 aromatic rings. The van der Waals surface area contributed by atoms with E-state index in [0.717, 1.165) is 12.2 Å². The molecule has 0 radical (unpaired) electrons. The third-order valence-electron chi connectivity index (χ3n) is 1.89. The van der Waals surface area contributed by atoms with Crippen LogP contribution >= 0.6 is 0 Å². The molecule has 0 saturated heterocycles. The van der Waals surface area contributed by atoms with E-state index in [4.69, 9.17) is 0 Å². The van der Waals surface area contributed by atoms with Crippen LogP contribution in [0.5, 0.6) is 0 Å². The number of nitrogens with zero attached hydrogens (tertiary/aromatic N) is 3. The number of aryl methyl sites for hydroxylation is 1. The maximum atomic E-state index is 11.0. The minimum Gasteiger partial charge on any atom is -0.323 e. The van der Waals surface area contributed by atoms with E-state index in [9.17, 15) is 4.79 Å². The van der Waals surface area contributed by atoms with Crippen molar-refractivity contribution in [2.45, 2.75) is 13.5 Å². The topological polar surface area (TPSA) is 75.6 Å². The van der Waals surface area contributed by atoms with E-state index < -0.39 is 0 Å². The molecular formula is C9H11N5O. The van der Waals surface area contributed by atoms with Crippen LogP contribution in [-0.2, 0) is 6.54 Å². The third kappa shape index (κ3) is 2.22. The highest BCUT2D eigenvalue weighted by Gasteiger charge is 1.98. The molecule has 2 N–H and O–H groups in total.